The van der Waals surface area contributed by atoms with E-state index >= 15 is 0 Å². The smallest absolute Gasteiger partial charge is 0.317 e. The average molecular weight is 349 g/mol. The molecule has 2 N–H and O–H groups in total. The maximum atomic E-state index is 12.7. The summed E-state index contributed by atoms with van der Waals surface area (Å²) in [5.41, 5.74) is 1.10. The Labute approximate surface area is 150 Å². The summed E-state index contributed by atoms with van der Waals surface area (Å²) in [6.45, 7) is 4.06. The second kappa shape index (κ2) is 10.3. The van der Waals surface area contributed by atoms with Gasteiger partial charge in [0.1, 0.15) is 5.75 Å². The van der Waals surface area contributed by atoms with Crippen LogP contribution < -0.4 is 5.32 Å². The average Bonchev–Trinajstić information content (AvgIpc) is 2.61. The van der Waals surface area contributed by atoms with E-state index in [1.54, 1.807) is 19.2 Å². The van der Waals surface area contributed by atoms with Crippen LogP contribution in [0.5, 0.6) is 5.75 Å². The first-order valence-corrected chi connectivity index (χ1v) is 9.10. The summed E-state index contributed by atoms with van der Waals surface area (Å²) in [5, 5.41) is 12.4. The van der Waals surface area contributed by atoms with Gasteiger partial charge in [0.05, 0.1) is 0 Å². The number of methoxy groups -OCH3 is 1. The maximum absolute atomic E-state index is 12.7. The number of rotatable bonds is 8. The fraction of sp³-hybridized carbons (Fsp3) is 0.632. The van der Waals surface area contributed by atoms with E-state index < -0.39 is 0 Å². The highest BCUT2D eigenvalue weighted by Gasteiger charge is 2.26. The lowest BCUT2D eigenvalue weighted by molar-refractivity contribution is 0.119. The molecule has 6 nitrogen and oxygen atoms in total. The van der Waals surface area contributed by atoms with E-state index in [2.05, 4.69) is 17.3 Å². The number of urea groups is 1. The van der Waals surface area contributed by atoms with Crippen molar-refractivity contribution in [1.82, 2.24) is 15.1 Å². The molecule has 6 heteroatoms. The number of nitrogens with zero attached hydrogens (tertiary/aromatic N) is 2. The molecule has 0 atom stereocenters. The quantitative estimate of drug-likeness (QED) is 0.705. The van der Waals surface area contributed by atoms with Gasteiger partial charge in [-0.15, -0.1) is 0 Å². The number of carbonyl (C=O) groups is 1. The predicted octanol–water partition coefficient (Wildman–Crippen LogP) is 2.08. The van der Waals surface area contributed by atoms with Gasteiger partial charge in [-0.25, -0.2) is 4.79 Å². The first-order chi connectivity index (χ1) is 12.1. The maximum Gasteiger partial charge on any atom is 0.317 e. The third kappa shape index (κ3) is 6.55. The van der Waals surface area contributed by atoms with Crippen molar-refractivity contribution in [2.24, 2.45) is 0 Å². The fourth-order valence-corrected chi connectivity index (χ4v) is 3.21. The molecule has 0 bridgehead atoms. The summed E-state index contributed by atoms with van der Waals surface area (Å²) < 4.78 is 5.14. The highest BCUT2D eigenvalue weighted by Crippen LogP contribution is 2.16. The molecule has 1 aliphatic heterocycles. The zero-order valence-electron chi connectivity index (χ0n) is 15.4. The minimum Gasteiger partial charge on any atom is -0.508 e. The zero-order chi connectivity index (χ0) is 18.1. The Kier molecular flexibility index (Phi) is 8.01. The van der Waals surface area contributed by atoms with E-state index in [1.165, 1.54) is 0 Å². The Morgan fingerprint density at radius 1 is 1.32 bits per heavy atom. The highest BCUT2D eigenvalue weighted by atomic mass is 16.5. The molecular weight excluding hydrogens is 318 g/mol. The van der Waals surface area contributed by atoms with Gasteiger partial charge in [0.15, 0.2) is 0 Å². The lowest BCUT2D eigenvalue weighted by Crippen LogP contribution is -2.51. The van der Waals surface area contributed by atoms with Crippen LogP contribution in [0.2, 0.25) is 0 Å². The van der Waals surface area contributed by atoms with Crippen molar-refractivity contribution < 1.29 is 14.6 Å². The van der Waals surface area contributed by atoms with Crippen molar-refractivity contribution >= 4 is 6.03 Å². The number of ether oxygens (including phenoxy) is 1. The van der Waals surface area contributed by atoms with Crippen molar-refractivity contribution in [2.45, 2.75) is 31.7 Å². The summed E-state index contributed by atoms with van der Waals surface area (Å²) in [4.78, 5) is 17.0. The second-order valence-electron chi connectivity index (χ2n) is 6.72. The van der Waals surface area contributed by atoms with E-state index in [0.29, 0.717) is 19.2 Å². The van der Waals surface area contributed by atoms with Crippen molar-refractivity contribution in [1.29, 1.82) is 0 Å². The van der Waals surface area contributed by atoms with E-state index in [0.717, 1.165) is 50.9 Å². The van der Waals surface area contributed by atoms with Crippen LogP contribution in [0.25, 0.3) is 0 Å². The Morgan fingerprint density at radius 3 is 2.64 bits per heavy atom. The van der Waals surface area contributed by atoms with Gasteiger partial charge >= 0.3 is 6.03 Å². The Bertz CT molecular complexity index is 513. The Hall–Kier alpha value is -1.79. The number of piperidine rings is 1. The largest absolute Gasteiger partial charge is 0.508 e. The first kappa shape index (κ1) is 19.5. The number of aromatic hydroxyl groups is 1. The van der Waals surface area contributed by atoms with Gasteiger partial charge in [-0.1, -0.05) is 12.1 Å². The SMILES string of the molecule is COCCCN(C(=O)NCCc1ccc(O)cc1)C1CCN(C)CC1. The lowest BCUT2D eigenvalue weighted by atomic mass is 10.0. The predicted molar refractivity (Wildman–Crippen MR) is 98.9 cm³/mol. The number of benzene rings is 1. The fourth-order valence-electron chi connectivity index (χ4n) is 3.21. The molecule has 2 rings (SSSR count). The molecule has 0 saturated carbocycles. The molecule has 1 saturated heterocycles. The number of phenolic OH excluding ortho intramolecular Hbond substituents is 1. The molecule has 0 aromatic heterocycles. The van der Waals surface area contributed by atoms with Crippen LogP contribution in [0.4, 0.5) is 4.79 Å². The van der Waals surface area contributed by atoms with E-state index in [-0.39, 0.29) is 11.8 Å². The van der Waals surface area contributed by atoms with Gasteiger partial charge in [-0.05, 0) is 63.5 Å². The molecule has 1 aromatic rings. The van der Waals surface area contributed by atoms with Crippen LogP contribution in [0, 0.1) is 0 Å². The first-order valence-electron chi connectivity index (χ1n) is 9.10. The normalized spacial score (nSPS) is 15.9. The van der Waals surface area contributed by atoms with Crippen molar-refractivity contribution in [3.8, 4) is 5.75 Å². The molecule has 1 aromatic carbocycles. The van der Waals surface area contributed by atoms with Gasteiger partial charge in [-0.2, -0.15) is 0 Å². The van der Waals surface area contributed by atoms with E-state index in [9.17, 15) is 9.90 Å². The minimum absolute atomic E-state index is 0.0180. The van der Waals surface area contributed by atoms with Crippen molar-refractivity contribution in [3.63, 3.8) is 0 Å². The van der Waals surface area contributed by atoms with Crippen LogP contribution in [0.1, 0.15) is 24.8 Å². The molecule has 0 radical (unpaired) electrons. The summed E-state index contributed by atoms with van der Waals surface area (Å²) in [6.07, 6.45) is 3.66. The summed E-state index contributed by atoms with van der Waals surface area (Å²) >= 11 is 0. The standard InChI is InChI=1S/C19H31N3O3/c1-21-13-9-17(10-14-21)22(12-3-15-25-2)19(24)20-11-8-16-4-6-18(23)7-5-16/h4-7,17,23H,3,8-15H2,1-2H3,(H,20,24). The van der Waals surface area contributed by atoms with Gasteiger partial charge in [0, 0.05) is 32.8 Å². The highest BCUT2D eigenvalue weighted by molar-refractivity contribution is 5.74. The van der Waals surface area contributed by atoms with Crippen LogP contribution in [-0.4, -0.2) is 73.9 Å². The zero-order valence-corrected chi connectivity index (χ0v) is 15.4. The Morgan fingerprint density at radius 2 is 2.00 bits per heavy atom. The van der Waals surface area contributed by atoms with Gasteiger partial charge in [0.25, 0.3) is 0 Å². The van der Waals surface area contributed by atoms with Crippen LogP contribution in [0.15, 0.2) is 24.3 Å². The molecule has 1 heterocycles. The van der Waals surface area contributed by atoms with Gasteiger partial charge in [-0.3, -0.25) is 0 Å². The molecule has 0 spiro atoms. The third-order valence-electron chi connectivity index (χ3n) is 4.76. The van der Waals surface area contributed by atoms with E-state index in [4.69, 9.17) is 4.74 Å². The molecular formula is C19H31N3O3. The third-order valence-corrected chi connectivity index (χ3v) is 4.76. The van der Waals surface area contributed by atoms with E-state index in [1.807, 2.05) is 17.0 Å². The minimum atomic E-state index is 0.0180. The van der Waals surface area contributed by atoms with Gasteiger partial charge < -0.3 is 25.0 Å². The topological polar surface area (TPSA) is 65.0 Å². The van der Waals surface area contributed by atoms with Crippen LogP contribution >= 0.6 is 0 Å². The Balaban J connectivity index is 1.84. The van der Waals surface area contributed by atoms with Crippen LogP contribution in [-0.2, 0) is 11.2 Å². The molecule has 140 valence electrons. The monoisotopic (exact) mass is 349 g/mol. The number of phenols is 1. The molecule has 0 unspecified atom stereocenters. The number of hydrogen-bond acceptors (Lipinski definition) is 4. The van der Waals surface area contributed by atoms with Crippen LogP contribution in [0.3, 0.4) is 0 Å². The number of amides is 2. The van der Waals surface area contributed by atoms with Gasteiger partial charge in [0.2, 0.25) is 0 Å². The lowest BCUT2D eigenvalue weighted by Gasteiger charge is -2.37. The molecule has 1 aliphatic rings. The second-order valence-corrected chi connectivity index (χ2v) is 6.72. The number of carbonyl (C=O) groups excluding carboxylic acids is 1. The molecule has 25 heavy (non-hydrogen) atoms. The van der Waals surface area contributed by atoms with Crippen molar-refractivity contribution in [3.05, 3.63) is 29.8 Å². The number of likely N-dealkylation sites (tertiary alicyclic amines) is 1. The number of hydrogen-bond donors (Lipinski definition) is 2. The molecule has 1 fully saturated rings. The molecule has 0 aliphatic carbocycles. The summed E-state index contributed by atoms with van der Waals surface area (Å²) in [5.74, 6) is 0.263. The van der Waals surface area contributed by atoms with Crippen molar-refractivity contribution in [2.75, 3.05) is 46.9 Å². The number of nitrogens with one attached hydrogen (secondary N) is 1. The summed E-state index contributed by atoms with van der Waals surface area (Å²) in [6, 6.07) is 7.44. The molecule has 2 amide bonds. The summed E-state index contributed by atoms with van der Waals surface area (Å²) in [7, 11) is 3.82.